The van der Waals surface area contributed by atoms with E-state index >= 15 is 0 Å². The molecule has 0 saturated carbocycles. The predicted octanol–water partition coefficient (Wildman–Crippen LogP) is 5.82. The van der Waals surface area contributed by atoms with Crippen LogP contribution in [0.3, 0.4) is 0 Å². The second-order valence-corrected chi connectivity index (χ2v) is 9.94. The third-order valence-corrected chi connectivity index (χ3v) is 6.89. The maximum Gasteiger partial charge on any atom is 0.264 e. The van der Waals surface area contributed by atoms with E-state index in [0.717, 1.165) is 16.8 Å². The molecule has 0 bridgehead atoms. The lowest BCUT2D eigenvalue weighted by atomic mass is 10.2. The van der Waals surface area contributed by atoms with Crippen LogP contribution in [0.25, 0.3) is 0 Å². The summed E-state index contributed by atoms with van der Waals surface area (Å²) in [7, 11) is 0. The van der Waals surface area contributed by atoms with Gasteiger partial charge in [-0.1, -0.05) is 48.5 Å². The standard InChI is InChI=1S/C29H30FN3O2S/c1-22(2)33(29(35)27-11-7-17-36-27)21-28(34)32(19-23-8-4-3-5-9-23)20-26-10-6-16-31(26)18-24-12-14-25(30)15-13-24/h3-17,22H,18-21H2,1-2H3. The SMILES string of the molecule is CC(C)N(CC(=O)N(Cc1ccccc1)Cc1cccn1Cc1ccc(F)cc1)C(=O)c1cccs1. The maximum absolute atomic E-state index is 13.7. The highest BCUT2D eigenvalue weighted by Gasteiger charge is 2.25. The highest BCUT2D eigenvalue weighted by atomic mass is 32.1. The van der Waals surface area contributed by atoms with Crippen LogP contribution in [0.5, 0.6) is 0 Å². The molecule has 2 heterocycles. The van der Waals surface area contributed by atoms with E-state index in [2.05, 4.69) is 4.57 Å². The van der Waals surface area contributed by atoms with Crippen LogP contribution >= 0.6 is 11.3 Å². The van der Waals surface area contributed by atoms with Crippen LogP contribution in [0.4, 0.5) is 4.39 Å². The van der Waals surface area contributed by atoms with Crippen molar-refractivity contribution in [3.8, 4) is 0 Å². The molecular weight excluding hydrogens is 473 g/mol. The minimum atomic E-state index is -0.266. The molecule has 36 heavy (non-hydrogen) atoms. The molecule has 0 aliphatic heterocycles. The summed E-state index contributed by atoms with van der Waals surface area (Å²) in [6.07, 6.45) is 1.96. The molecular formula is C29H30FN3O2S. The molecule has 2 amide bonds. The number of hydrogen-bond donors (Lipinski definition) is 0. The van der Waals surface area contributed by atoms with Gasteiger partial charge in [0.2, 0.25) is 5.91 Å². The molecule has 0 N–H and O–H groups in total. The predicted molar refractivity (Wildman–Crippen MR) is 141 cm³/mol. The van der Waals surface area contributed by atoms with Crippen molar-refractivity contribution in [1.82, 2.24) is 14.4 Å². The number of hydrogen-bond acceptors (Lipinski definition) is 3. The first-order valence-corrected chi connectivity index (χ1v) is 12.8. The van der Waals surface area contributed by atoms with Gasteiger partial charge >= 0.3 is 0 Å². The molecule has 0 aliphatic rings. The van der Waals surface area contributed by atoms with Gasteiger partial charge in [0.1, 0.15) is 12.4 Å². The summed E-state index contributed by atoms with van der Waals surface area (Å²) in [5.41, 5.74) is 2.95. The first-order chi connectivity index (χ1) is 17.4. The van der Waals surface area contributed by atoms with Gasteiger partial charge < -0.3 is 14.4 Å². The van der Waals surface area contributed by atoms with Crippen LogP contribution in [0.15, 0.2) is 90.4 Å². The van der Waals surface area contributed by atoms with Gasteiger partial charge in [-0.3, -0.25) is 9.59 Å². The summed E-state index contributed by atoms with van der Waals surface area (Å²) in [5, 5.41) is 1.87. The fourth-order valence-corrected chi connectivity index (χ4v) is 4.72. The lowest BCUT2D eigenvalue weighted by molar-refractivity contribution is -0.133. The van der Waals surface area contributed by atoms with E-state index in [4.69, 9.17) is 0 Å². The summed E-state index contributed by atoms with van der Waals surface area (Å²) in [6, 6.07) is 23.7. The Kier molecular flexibility index (Phi) is 8.33. The second kappa shape index (κ2) is 11.8. The molecule has 2 aromatic carbocycles. The van der Waals surface area contributed by atoms with Gasteiger partial charge in [-0.2, -0.15) is 0 Å². The van der Waals surface area contributed by atoms with Crippen molar-refractivity contribution >= 4 is 23.2 Å². The quantitative estimate of drug-likeness (QED) is 0.274. The molecule has 2 aromatic heterocycles. The van der Waals surface area contributed by atoms with Gasteiger partial charge in [0.05, 0.1) is 11.4 Å². The van der Waals surface area contributed by atoms with Crippen LogP contribution in [-0.4, -0.2) is 38.8 Å². The Morgan fingerprint density at radius 2 is 1.64 bits per heavy atom. The van der Waals surface area contributed by atoms with E-state index in [1.807, 2.05) is 74.0 Å². The Hall–Kier alpha value is -3.71. The van der Waals surface area contributed by atoms with E-state index in [9.17, 15) is 14.0 Å². The van der Waals surface area contributed by atoms with Crippen LogP contribution < -0.4 is 0 Å². The Morgan fingerprint density at radius 1 is 0.889 bits per heavy atom. The van der Waals surface area contributed by atoms with E-state index < -0.39 is 0 Å². The van der Waals surface area contributed by atoms with Crippen molar-refractivity contribution in [1.29, 1.82) is 0 Å². The van der Waals surface area contributed by atoms with Gasteiger partial charge in [-0.05, 0) is 60.7 Å². The normalized spacial score (nSPS) is 11.0. The number of halogens is 1. The van der Waals surface area contributed by atoms with Gasteiger partial charge in [-0.25, -0.2) is 4.39 Å². The van der Waals surface area contributed by atoms with Crippen LogP contribution in [-0.2, 0) is 24.4 Å². The number of aromatic nitrogens is 1. The van der Waals surface area contributed by atoms with Crippen molar-refractivity contribution in [2.45, 2.75) is 39.5 Å². The summed E-state index contributed by atoms with van der Waals surface area (Å²) >= 11 is 1.38. The van der Waals surface area contributed by atoms with Crippen molar-refractivity contribution in [2.75, 3.05) is 6.54 Å². The number of amides is 2. The second-order valence-electron chi connectivity index (χ2n) is 8.99. The monoisotopic (exact) mass is 503 g/mol. The Bertz CT molecular complexity index is 1270. The van der Waals surface area contributed by atoms with Crippen LogP contribution in [0.2, 0.25) is 0 Å². The molecule has 186 valence electrons. The van der Waals surface area contributed by atoms with E-state index in [1.165, 1.54) is 23.5 Å². The minimum Gasteiger partial charge on any atom is -0.345 e. The average molecular weight is 504 g/mol. The number of nitrogens with zero attached hydrogens (tertiary/aromatic N) is 3. The van der Waals surface area contributed by atoms with Gasteiger partial charge in [-0.15, -0.1) is 11.3 Å². The fraction of sp³-hybridized carbons (Fsp3) is 0.241. The van der Waals surface area contributed by atoms with Crippen LogP contribution in [0, 0.1) is 5.82 Å². The summed E-state index contributed by atoms with van der Waals surface area (Å²) < 4.78 is 15.4. The zero-order valence-corrected chi connectivity index (χ0v) is 21.3. The summed E-state index contributed by atoms with van der Waals surface area (Å²) in [4.78, 5) is 30.8. The smallest absolute Gasteiger partial charge is 0.264 e. The number of rotatable bonds is 10. The molecule has 0 saturated heterocycles. The number of carbonyl (C=O) groups excluding carboxylic acids is 2. The fourth-order valence-electron chi connectivity index (χ4n) is 4.04. The maximum atomic E-state index is 13.7. The molecule has 4 aromatic rings. The molecule has 0 spiro atoms. The molecule has 0 fully saturated rings. The largest absolute Gasteiger partial charge is 0.345 e. The van der Waals surface area contributed by atoms with Gasteiger partial charge in [0.15, 0.2) is 0 Å². The lowest BCUT2D eigenvalue weighted by Gasteiger charge is -2.30. The van der Waals surface area contributed by atoms with Gasteiger partial charge in [0.25, 0.3) is 5.91 Å². The Morgan fingerprint density at radius 3 is 2.31 bits per heavy atom. The first kappa shape index (κ1) is 25.4. The van der Waals surface area contributed by atoms with Crippen molar-refractivity contribution in [3.05, 3.63) is 118 Å². The zero-order valence-electron chi connectivity index (χ0n) is 20.5. The number of benzene rings is 2. The highest BCUT2D eigenvalue weighted by Crippen LogP contribution is 2.17. The highest BCUT2D eigenvalue weighted by molar-refractivity contribution is 7.12. The average Bonchev–Trinajstić information content (AvgIpc) is 3.56. The summed E-state index contributed by atoms with van der Waals surface area (Å²) in [5.74, 6) is -0.516. The van der Waals surface area contributed by atoms with Crippen LogP contribution in [0.1, 0.15) is 40.3 Å². The third-order valence-electron chi connectivity index (χ3n) is 6.03. The first-order valence-electron chi connectivity index (χ1n) is 12.0. The van der Waals surface area contributed by atoms with Gasteiger partial charge in [0, 0.05) is 31.0 Å². The number of carbonyl (C=O) groups is 2. The molecule has 5 nitrogen and oxygen atoms in total. The molecule has 0 aliphatic carbocycles. The van der Waals surface area contributed by atoms with Crippen molar-refractivity contribution in [3.63, 3.8) is 0 Å². The molecule has 0 atom stereocenters. The van der Waals surface area contributed by atoms with Crippen molar-refractivity contribution in [2.24, 2.45) is 0 Å². The minimum absolute atomic E-state index is 0.0000950. The Balaban J connectivity index is 1.55. The van der Waals surface area contributed by atoms with Crippen molar-refractivity contribution < 1.29 is 14.0 Å². The lowest BCUT2D eigenvalue weighted by Crippen LogP contribution is -2.45. The topological polar surface area (TPSA) is 45.6 Å². The van der Waals surface area contributed by atoms with E-state index in [-0.39, 0.29) is 30.2 Å². The zero-order chi connectivity index (χ0) is 25.5. The third kappa shape index (κ3) is 6.49. The van der Waals surface area contributed by atoms with E-state index in [1.54, 1.807) is 28.0 Å². The molecule has 0 radical (unpaired) electrons. The van der Waals surface area contributed by atoms with E-state index in [0.29, 0.717) is 24.5 Å². The summed E-state index contributed by atoms with van der Waals surface area (Å²) in [6.45, 7) is 5.24. The molecule has 4 rings (SSSR count). The molecule has 7 heteroatoms. The number of thiophene rings is 1. The Labute approximate surface area is 215 Å². The molecule has 0 unspecified atom stereocenters.